The molecular weight excluding hydrogens is 128 g/mol. The Morgan fingerprint density at radius 1 is 1.60 bits per heavy atom. The second kappa shape index (κ2) is 3.15. The lowest BCUT2D eigenvalue weighted by Gasteiger charge is -2.21. The van der Waals surface area contributed by atoms with Crippen molar-refractivity contribution in [1.82, 2.24) is 0 Å². The van der Waals surface area contributed by atoms with E-state index in [9.17, 15) is 9.90 Å². The van der Waals surface area contributed by atoms with Crippen molar-refractivity contribution >= 4 is 5.78 Å². The van der Waals surface area contributed by atoms with Crippen molar-refractivity contribution in [3.05, 3.63) is 0 Å². The highest BCUT2D eigenvalue weighted by atomic mass is 16.3. The average Bonchev–Trinajstić information content (AvgIpc) is 1.60. The van der Waals surface area contributed by atoms with Crippen LogP contribution in [0.3, 0.4) is 0 Å². The van der Waals surface area contributed by atoms with Crippen molar-refractivity contribution in [3.63, 3.8) is 0 Å². The van der Waals surface area contributed by atoms with E-state index in [-0.39, 0.29) is 5.78 Å². The summed E-state index contributed by atoms with van der Waals surface area (Å²) >= 11 is 0. The maximum atomic E-state index is 10.8. The van der Waals surface area contributed by atoms with Gasteiger partial charge in [-0.3, -0.25) is 4.79 Å². The van der Waals surface area contributed by atoms with Crippen LogP contribution in [-0.2, 0) is 4.79 Å². The van der Waals surface area contributed by atoms with Gasteiger partial charge in [-0.15, -0.1) is 0 Å². The van der Waals surface area contributed by atoms with E-state index in [2.05, 4.69) is 0 Å². The molecule has 0 heterocycles. The first-order valence-corrected chi connectivity index (χ1v) is 3.59. The number of Topliss-reactive ketones (excluding diaryl/α,β-unsaturated/α-hetero) is 1. The molecule has 0 aliphatic heterocycles. The Hall–Kier alpha value is -0.370. The summed E-state index contributed by atoms with van der Waals surface area (Å²) < 4.78 is 0. The average molecular weight is 144 g/mol. The predicted molar refractivity (Wildman–Crippen MR) is 40.8 cm³/mol. The summed E-state index contributed by atoms with van der Waals surface area (Å²) in [4.78, 5) is 10.8. The smallest absolute Gasteiger partial charge is 0.160 e. The third kappa shape index (κ3) is 2.97. The normalized spacial score (nSPS) is 17.0. The number of carbonyl (C=O) groups excluding carboxylic acids is 1. The molecule has 0 fully saturated rings. The first kappa shape index (κ1) is 9.63. The molecule has 1 N–H and O–H groups in total. The van der Waals surface area contributed by atoms with Gasteiger partial charge in [0, 0.05) is 0 Å². The number of hydrogen-bond donors (Lipinski definition) is 1. The SMILES string of the molecule is CC(=O)C(C)(O)CC(C)C. The molecule has 60 valence electrons. The van der Waals surface area contributed by atoms with Crippen LogP contribution < -0.4 is 0 Å². The van der Waals surface area contributed by atoms with E-state index in [1.54, 1.807) is 6.92 Å². The van der Waals surface area contributed by atoms with Crippen molar-refractivity contribution in [2.45, 2.75) is 39.7 Å². The molecule has 0 aliphatic carbocycles. The molecule has 0 aliphatic rings. The zero-order valence-electron chi connectivity index (χ0n) is 7.14. The summed E-state index contributed by atoms with van der Waals surface area (Å²) in [6.07, 6.45) is 0.544. The largest absolute Gasteiger partial charge is 0.382 e. The molecule has 1 unspecified atom stereocenters. The van der Waals surface area contributed by atoms with E-state index in [0.717, 1.165) is 0 Å². The van der Waals surface area contributed by atoms with Crippen LogP contribution in [0.4, 0.5) is 0 Å². The summed E-state index contributed by atoms with van der Waals surface area (Å²) in [5, 5.41) is 9.41. The van der Waals surface area contributed by atoms with E-state index >= 15 is 0 Å². The molecule has 0 saturated carbocycles. The van der Waals surface area contributed by atoms with Crippen LogP contribution >= 0.6 is 0 Å². The standard InChI is InChI=1S/C8H16O2/c1-6(2)5-8(4,10)7(3)9/h6,10H,5H2,1-4H3. The van der Waals surface area contributed by atoms with Gasteiger partial charge in [-0.2, -0.15) is 0 Å². The summed E-state index contributed by atoms with van der Waals surface area (Å²) in [6.45, 7) is 6.95. The third-order valence-electron chi connectivity index (χ3n) is 1.56. The Bertz CT molecular complexity index is 125. The fraction of sp³-hybridized carbons (Fsp3) is 0.875. The van der Waals surface area contributed by atoms with Crippen molar-refractivity contribution in [1.29, 1.82) is 0 Å². The van der Waals surface area contributed by atoms with Gasteiger partial charge in [0.2, 0.25) is 0 Å². The molecule has 1 atom stereocenters. The number of hydrogen-bond acceptors (Lipinski definition) is 2. The molecule has 0 aromatic carbocycles. The summed E-state index contributed by atoms with van der Waals surface area (Å²) in [5.74, 6) is 0.208. The van der Waals surface area contributed by atoms with Gasteiger partial charge in [-0.05, 0) is 26.2 Å². The van der Waals surface area contributed by atoms with Crippen LogP contribution in [0.25, 0.3) is 0 Å². The lowest BCUT2D eigenvalue weighted by Crippen LogP contribution is -2.34. The van der Waals surface area contributed by atoms with E-state index in [4.69, 9.17) is 0 Å². The highest BCUT2D eigenvalue weighted by molar-refractivity contribution is 5.84. The second-order valence-electron chi connectivity index (χ2n) is 3.43. The van der Waals surface area contributed by atoms with E-state index < -0.39 is 5.60 Å². The minimum Gasteiger partial charge on any atom is -0.382 e. The fourth-order valence-corrected chi connectivity index (χ4v) is 0.939. The Kier molecular flexibility index (Phi) is 3.03. The predicted octanol–water partition coefficient (Wildman–Crippen LogP) is 1.37. The van der Waals surface area contributed by atoms with Crippen LogP contribution in [-0.4, -0.2) is 16.5 Å². The first-order chi connectivity index (χ1) is 4.36. The maximum Gasteiger partial charge on any atom is 0.160 e. The lowest BCUT2D eigenvalue weighted by atomic mass is 9.91. The van der Waals surface area contributed by atoms with Gasteiger partial charge in [0.05, 0.1) is 0 Å². The fourth-order valence-electron chi connectivity index (χ4n) is 0.939. The van der Waals surface area contributed by atoms with Crippen molar-refractivity contribution in [2.75, 3.05) is 0 Å². The van der Waals surface area contributed by atoms with Crippen LogP contribution in [0.15, 0.2) is 0 Å². The van der Waals surface area contributed by atoms with Gasteiger partial charge in [-0.1, -0.05) is 13.8 Å². The number of rotatable bonds is 3. The second-order valence-corrected chi connectivity index (χ2v) is 3.43. The van der Waals surface area contributed by atoms with Gasteiger partial charge in [0.25, 0.3) is 0 Å². The Morgan fingerprint density at radius 2 is 2.00 bits per heavy atom. The molecule has 0 aromatic heterocycles. The molecule has 2 nitrogen and oxygen atoms in total. The zero-order chi connectivity index (χ0) is 8.36. The molecule has 0 aromatic rings. The van der Waals surface area contributed by atoms with Crippen LogP contribution in [0.5, 0.6) is 0 Å². The first-order valence-electron chi connectivity index (χ1n) is 3.59. The minimum absolute atomic E-state index is 0.152. The maximum absolute atomic E-state index is 10.8. The molecule has 0 rings (SSSR count). The summed E-state index contributed by atoms with van der Waals surface area (Å²) in [6, 6.07) is 0. The lowest BCUT2D eigenvalue weighted by molar-refractivity contribution is -0.134. The zero-order valence-corrected chi connectivity index (χ0v) is 7.14. The molecule has 0 bridgehead atoms. The van der Waals surface area contributed by atoms with E-state index in [1.165, 1.54) is 6.92 Å². The van der Waals surface area contributed by atoms with E-state index in [0.29, 0.717) is 12.3 Å². The van der Waals surface area contributed by atoms with Gasteiger partial charge in [0.15, 0.2) is 5.78 Å². The Morgan fingerprint density at radius 3 is 2.10 bits per heavy atom. The minimum atomic E-state index is -1.12. The van der Waals surface area contributed by atoms with Crippen LogP contribution in [0, 0.1) is 5.92 Å². The molecule has 10 heavy (non-hydrogen) atoms. The number of ketones is 1. The monoisotopic (exact) mass is 144 g/mol. The Balaban J connectivity index is 4.00. The number of carbonyl (C=O) groups is 1. The van der Waals surface area contributed by atoms with Crippen LogP contribution in [0.1, 0.15) is 34.1 Å². The molecule has 2 heteroatoms. The van der Waals surface area contributed by atoms with Crippen molar-refractivity contribution < 1.29 is 9.90 Å². The van der Waals surface area contributed by atoms with Crippen molar-refractivity contribution in [3.8, 4) is 0 Å². The van der Waals surface area contributed by atoms with Crippen LogP contribution in [0.2, 0.25) is 0 Å². The highest BCUT2D eigenvalue weighted by Gasteiger charge is 2.26. The summed E-state index contributed by atoms with van der Waals surface area (Å²) in [5.41, 5.74) is -1.12. The highest BCUT2D eigenvalue weighted by Crippen LogP contribution is 2.16. The van der Waals surface area contributed by atoms with Crippen molar-refractivity contribution in [2.24, 2.45) is 5.92 Å². The van der Waals surface area contributed by atoms with Gasteiger partial charge < -0.3 is 5.11 Å². The Labute approximate surface area is 62.2 Å². The molecule has 0 radical (unpaired) electrons. The van der Waals surface area contributed by atoms with Gasteiger partial charge in [-0.25, -0.2) is 0 Å². The van der Waals surface area contributed by atoms with E-state index in [1.807, 2.05) is 13.8 Å². The molecule has 0 spiro atoms. The van der Waals surface area contributed by atoms with Gasteiger partial charge in [0.1, 0.15) is 5.60 Å². The summed E-state index contributed by atoms with van der Waals surface area (Å²) in [7, 11) is 0. The number of aliphatic hydroxyl groups is 1. The topological polar surface area (TPSA) is 37.3 Å². The molecule has 0 amide bonds. The van der Waals surface area contributed by atoms with Gasteiger partial charge >= 0.3 is 0 Å². The molecular formula is C8H16O2. The molecule has 0 saturated heterocycles. The third-order valence-corrected chi connectivity index (χ3v) is 1.56. The quantitative estimate of drug-likeness (QED) is 0.649.